The molecule has 2 unspecified atom stereocenters. The number of hydrogen-bond donors (Lipinski definition) is 0. The Bertz CT molecular complexity index is 777. The number of pyridine rings is 1. The van der Waals surface area contributed by atoms with Gasteiger partial charge in [0.05, 0.1) is 11.6 Å². The largest absolute Gasteiger partial charge is 0.419 e. The second-order valence-electron chi connectivity index (χ2n) is 6.98. The average molecular weight is 363 g/mol. The third kappa shape index (κ3) is 3.08. The maximum atomic E-state index is 13.4. The lowest BCUT2D eigenvalue weighted by Gasteiger charge is -2.39. The Morgan fingerprint density at radius 3 is 2.54 bits per heavy atom. The Labute approximate surface area is 149 Å². The molecule has 2 aliphatic heterocycles. The molecule has 4 heterocycles. The standard InChI is InChI=1S/C18H20F3N5/c1-12-9-23-17(24-10-12)26-8-5-13-4-7-25(11-15(13)26)16-14(18(19,20)21)3-2-6-22-16/h2-3,6,9-10,13,15H,4-5,7-8,11H2,1H3. The summed E-state index contributed by atoms with van der Waals surface area (Å²) in [6.07, 6.45) is 2.43. The van der Waals surface area contributed by atoms with Crippen LogP contribution < -0.4 is 9.80 Å². The zero-order valence-electron chi connectivity index (χ0n) is 14.4. The van der Waals surface area contributed by atoms with Crippen LogP contribution in [0.2, 0.25) is 0 Å². The average Bonchev–Trinajstić information content (AvgIpc) is 3.05. The van der Waals surface area contributed by atoms with Crippen LogP contribution in [-0.4, -0.2) is 40.6 Å². The number of halogens is 3. The van der Waals surface area contributed by atoms with E-state index in [2.05, 4.69) is 19.9 Å². The maximum absolute atomic E-state index is 13.4. The first-order valence-electron chi connectivity index (χ1n) is 8.76. The van der Waals surface area contributed by atoms with Crippen molar-refractivity contribution >= 4 is 11.8 Å². The summed E-state index contributed by atoms with van der Waals surface area (Å²) in [5.41, 5.74) is 0.313. The van der Waals surface area contributed by atoms with E-state index >= 15 is 0 Å². The van der Waals surface area contributed by atoms with Crippen molar-refractivity contribution in [1.82, 2.24) is 15.0 Å². The fraction of sp³-hybridized carbons (Fsp3) is 0.500. The minimum atomic E-state index is -4.41. The minimum absolute atomic E-state index is 0.0233. The number of nitrogens with zero attached hydrogens (tertiary/aromatic N) is 5. The Balaban J connectivity index is 1.60. The number of fused-ring (bicyclic) bond motifs is 1. The van der Waals surface area contributed by atoms with Gasteiger partial charge < -0.3 is 9.80 Å². The van der Waals surface area contributed by atoms with Crippen molar-refractivity contribution in [1.29, 1.82) is 0 Å². The molecule has 0 radical (unpaired) electrons. The molecule has 2 saturated heterocycles. The topological polar surface area (TPSA) is 45.2 Å². The molecule has 5 nitrogen and oxygen atoms in total. The van der Waals surface area contributed by atoms with E-state index in [1.165, 1.54) is 12.3 Å². The number of anilines is 2. The van der Waals surface area contributed by atoms with Gasteiger partial charge in [-0.25, -0.2) is 15.0 Å². The SMILES string of the molecule is Cc1cnc(N2CCC3CCN(c4ncccc4C(F)(F)F)CC32)nc1. The molecule has 0 amide bonds. The molecule has 0 N–H and O–H groups in total. The second kappa shape index (κ2) is 6.41. The lowest BCUT2D eigenvalue weighted by Crippen LogP contribution is -2.49. The van der Waals surface area contributed by atoms with Crippen molar-refractivity contribution in [2.24, 2.45) is 5.92 Å². The Morgan fingerprint density at radius 1 is 1.08 bits per heavy atom. The predicted octanol–water partition coefficient (Wildman–Crippen LogP) is 3.30. The number of piperidine rings is 1. The van der Waals surface area contributed by atoms with Gasteiger partial charge >= 0.3 is 6.18 Å². The molecular weight excluding hydrogens is 343 g/mol. The first-order chi connectivity index (χ1) is 12.4. The highest BCUT2D eigenvalue weighted by molar-refractivity contribution is 5.50. The Morgan fingerprint density at radius 2 is 1.81 bits per heavy atom. The quantitative estimate of drug-likeness (QED) is 0.819. The van der Waals surface area contributed by atoms with Gasteiger partial charge in [-0.1, -0.05) is 0 Å². The van der Waals surface area contributed by atoms with E-state index < -0.39 is 11.7 Å². The summed E-state index contributed by atoms with van der Waals surface area (Å²) in [6.45, 7) is 3.85. The summed E-state index contributed by atoms with van der Waals surface area (Å²) in [4.78, 5) is 16.8. The normalized spacial score (nSPS) is 23.2. The Kier molecular flexibility index (Phi) is 4.20. The molecule has 2 aromatic rings. The first-order valence-corrected chi connectivity index (χ1v) is 8.76. The van der Waals surface area contributed by atoms with E-state index in [9.17, 15) is 13.2 Å². The first kappa shape index (κ1) is 17.1. The predicted molar refractivity (Wildman–Crippen MR) is 92.1 cm³/mol. The molecule has 4 rings (SSSR count). The lowest BCUT2D eigenvalue weighted by atomic mass is 9.92. The lowest BCUT2D eigenvalue weighted by molar-refractivity contribution is -0.137. The van der Waals surface area contributed by atoms with E-state index in [4.69, 9.17) is 0 Å². The van der Waals surface area contributed by atoms with Gasteiger partial charge in [0.15, 0.2) is 0 Å². The van der Waals surface area contributed by atoms with Gasteiger partial charge in [-0.2, -0.15) is 13.2 Å². The van der Waals surface area contributed by atoms with Crippen LogP contribution in [0.1, 0.15) is 24.0 Å². The second-order valence-corrected chi connectivity index (χ2v) is 6.98. The van der Waals surface area contributed by atoms with Crippen molar-refractivity contribution in [3.8, 4) is 0 Å². The Hall–Kier alpha value is -2.38. The molecule has 2 fully saturated rings. The molecular formula is C18H20F3N5. The fourth-order valence-corrected chi connectivity index (χ4v) is 3.99. The molecule has 0 bridgehead atoms. The number of hydrogen-bond acceptors (Lipinski definition) is 5. The van der Waals surface area contributed by atoms with Gasteiger partial charge in [-0.15, -0.1) is 0 Å². The molecule has 2 aliphatic rings. The number of rotatable bonds is 2. The van der Waals surface area contributed by atoms with Crippen molar-refractivity contribution in [3.05, 3.63) is 41.9 Å². The van der Waals surface area contributed by atoms with E-state index in [0.29, 0.717) is 25.0 Å². The van der Waals surface area contributed by atoms with E-state index in [1.54, 1.807) is 17.3 Å². The van der Waals surface area contributed by atoms with Crippen LogP contribution in [-0.2, 0) is 6.18 Å². The smallest absolute Gasteiger partial charge is 0.354 e. The van der Waals surface area contributed by atoms with Crippen LogP contribution in [0.4, 0.5) is 24.9 Å². The number of aryl methyl sites for hydroxylation is 1. The molecule has 2 aromatic heterocycles. The third-order valence-corrected chi connectivity index (χ3v) is 5.28. The summed E-state index contributed by atoms with van der Waals surface area (Å²) in [7, 11) is 0. The van der Waals surface area contributed by atoms with Gasteiger partial charge in [0.2, 0.25) is 5.95 Å². The van der Waals surface area contributed by atoms with Crippen LogP contribution in [0.5, 0.6) is 0 Å². The van der Waals surface area contributed by atoms with Gasteiger partial charge in [0, 0.05) is 38.2 Å². The van der Waals surface area contributed by atoms with E-state index in [0.717, 1.165) is 31.0 Å². The molecule has 26 heavy (non-hydrogen) atoms. The van der Waals surface area contributed by atoms with Crippen LogP contribution in [0.3, 0.4) is 0 Å². The number of aromatic nitrogens is 3. The summed E-state index contributed by atoms with van der Waals surface area (Å²) in [5.74, 6) is 1.13. The molecule has 0 spiro atoms. The van der Waals surface area contributed by atoms with Crippen molar-refractivity contribution in [3.63, 3.8) is 0 Å². The highest BCUT2D eigenvalue weighted by Crippen LogP contribution is 2.39. The van der Waals surface area contributed by atoms with Gasteiger partial charge in [0.25, 0.3) is 0 Å². The van der Waals surface area contributed by atoms with Crippen molar-refractivity contribution < 1.29 is 13.2 Å². The molecule has 138 valence electrons. The molecule has 0 saturated carbocycles. The number of alkyl halides is 3. The van der Waals surface area contributed by atoms with Crippen molar-refractivity contribution in [2.45, 2.75) is 32.0 Å². The maximum Gasteiger partial charge on any atom is 0.419 e. The zero-order valence-corrected chi connectivity index (χ0v) is 14.4. The van der Waals surface area contributed by atoms with Crippen LogP contribution in [0, 0.1) is 12.8 Å². The van der Waals surface area contributed by atoms with Gasteiger partial charge in [-0.05, 0) is 43.4 Å². The van der Waals surface area contributed by atoms with Crippen LogP contribution in [0.25, 0.3) is 0 Å². The minimum Gasteiger partial charge on any atom is -0.354 e. The summed E-state index contributed by atoms with van der Waals surface area (Å²) in [6, 6.07) is 2.54. The summed E-state index contributed by atoms with van der Waals surface area (Å²) in [5, 5.41) is 0. The summed E-state index contributed by atoms with van der Waals surface area (Å²) < 4.78 is 40.1. The molecule has 2 atom stereocenters. The van der Waals surface area contributed by atoms with Crippen LogP contribution in [0.15, 0.2) is 30.7 Å². The molecule has 8 heteroatoms. The molecule has 0 aromatic carbocycles. The summed E-state index contributed by atoms with van der Waals surface area (Å²) >= 11 is 0. The third-order valence-electron chi connectivity index (χ3n) is 5.28. The molecule has 0 aliphatic carbocycles. The zero-order chi connectivity index (χ0) is 18.3. The van der Waals surface area contributed by atoms with E-state index in [1.807, 2.05) is 6.92 Å². The van der Waals surface area contributed by atoms with Gasteiger partial charge in [-0.3, -0.25) is 0 Å². The monoisotopic (exact) mass is 363 g/mol. The highest BCUT2D eigenvalue weighted by Gasteiger charge is 2.42. The van der Waals surface area contributed by atoms with Crippen molar-refractivity contribution in [2.75, 3.05) is 29.4 Å². The van der Waals surface area contributed by atoms with E-state index in [-0.39, 0.29) is 11.9 Å². The fourth-order valence-electron chi connectivity index (χ4n) is 3.99. The van der Waals surface area contributed by atoms with Gasteiger partial charge in [0.1, 0.15) is 5.82 Å². The highest BCUT2D eigenvalue weighted by atomic mass is 19.4. The van der Waals surface area contributed by atoms with Crippen LogP contribution >= 0.6 is 0 Å².